The predicted molar refractivity (Wildman–Crippen MR) is 77.1 cm³/mol. The third-order valence-electron chi connectivity index (χ3n) is 3.53. The van der Waals surface area contributed by atoms with Gasteiger partial charge in [-0.25, -0.2) is 0 Å². The van der Waals surface area contributed by atoms with Crippen LogP contribution in [0, 0.1) is 0 Å². The molecular formula is C13H17BrN4O2. The SMILES string of the molecule is CNCC1CCCN1Cc1nnc(-c2ccc(Br)o2)o1. The average Bonchev–Trinajstić information content (AvgIpc) is 3.13. The lowest BCUT2D eigenvalue weighted by Crippen LogP contribution is -2.36. The summed E-state index contributed by atoms with van der Waals surface area (Å²) in [5, 5.41) is 11.4. The highest BCUT2D eigenvalue weighted by atomic mass is 79.9. The van der Waals surface area contributed by atoms with Crippen molar-refractivity contribution in [2.75, 3.05) is 20.1 Å². The number of hydrogen-bond donors (Lipinski definition) is 1. The lowest BCUT2D eigenvalue weighted by atomic mass is 10.2. The minimum Gasteiger partial charge on any atom is -0.444 e. The van der Waals surface area contributed by atoms with Crippen molar-refractivity contribution < 1.29 is 8.83 Å². The maximum Gasteiger partial charge on any atom is 0.283 e. The van der Waals surface area contributed by atoms with Gasteiger partial charge >= 0.3 is 0 Å². The molecule has 3 heterocycles. The van der Waals surface area contributed by atoms with Crippen LogP contribution in [0.25, 0.3) is 11.7 Å². The first-order valence-corrected chi connectivity index (χ1v) is 7.52. The number of aromatic nitrogens is 2. The van der Waals surface area contributed by atoms with Crippen LogP contribution >= 0.6 is 15.9 Å². The van der Waals surface area contributed by atoms with Crippen molar-refractivity contribution in [2.45, 2.75) is 25.4 Å². The van der Waals surface area contributed by atoms with E-state index in [0.29, 0.717) is 34.8 Å². The number of nitrogens with zero attached hydrogens (tertiary/aromatic N) is 3. The topological polar surface area (TPSA) is 67.3 Å². The van der Waals surface area contributed by atoms with Gasteiger partial charge in [-0.3, -0.25) is 4.90 Å². The molecule has 7 heteroatoms. The minimum atomic E-state index is 0.426. The summed E-state index contributed by atoms with van der Waals surface area (Å²) in [7, 11) is 1.98. The first-order valence-electron chi connectivity index (χ1n) is 6.73. The number of likely N-dealkylation sites (tertiary alicyclic amines) is 1. The molecule has 0 aromatic carbocycles. The zero-order valence-electron chi connectivity index (χ0n) is 11.3. The summed E-state index contributed by atoms with van der Waals surface area (Å²) in [6.07, 6.45) is 2.44. The summed E-state index contributed by atoms with van der Waals surface area (Å²) in [4.78, 5) is 2.38. The molecule has 1 unspecified atom stereocenters. The van der Waals surface area contributed by atoms with Crippen LogP contribution in [0.5, 0.6) is 0 Å². The number of nitrogens with one attached hydrogen (secondary N) is 1. The van der Waals surface area contributed by atoms with Crippen molar-refractivity contribution in [3.8, 4) is 11.7 Å². The second-order valence-corrected chi connectivity index (χ2v) is 5.71. The predicted octanol–water partition coefficient (Wildman–Crippen LogP) is 2.28. The van der Waals surface area contributed by atoms with Crippen LogP contribution in [0.15, 0.2) is 25.6 Å². The Morgan fingerprint density at radius 3 is 3.05 bits per heavy atom. The first kappa shape index (κ1) is 13.8. The largest absolute Gasteiger partial charge is 0.444 e. The van der Waals surface area contributed by atoms with E-state index in [0.717, 1.165) is 13.1 Å². The van der Waals surface area contributed by atoms with E-state index in [2.05, 4.69) is 36.3 Å². The molecule has 0 amide bonds. The van der Waals surface area contributed by atoms with Gasteiger partial charge in [0.2, 0.25) is 5.89 Å². The standard InChI is InChI=1S/C13H17BrN4O2/c1-15-7-9-3-2-6-18(9)8-12-16-17-13(20-12)10-4-5-11(14)19-10/h4-5,9,15H,2-3,6-8H2,1H3. The summed E-state index contributed by atoms with van der Waals surface area (Å²) < 4.78 is 11.7. The Bertz CT molecular complexity index is 568. The molecule has 20 heavy (non-hydrogen) atoms. The lowest BCUT2D eigenvalue weighted by molar-refractivity contribution is 0.219. The molecule has 1 aliphatic heterocycles. The molecule has 1 atom stereocenters. The number of rotatable bonds is 5. The Kier molecular flexibility index (Phi) is 4.18. The molecule has 0 aliphatic carbocycles. The van der Waals surface area contributed by atoms with Crippen molar-refractivity contribution >= 4 is 15.9 Å². The van der Waals surface area contributed by atoms with E-state index < -0.39 is 0 Å². The van der Waals surface area contributed by atoms with Gasteiger partial charge in [0.05, 0.1) is 6.54 Å². The van der Waals surface area contributed by atoms with Crippen LogP contribution in [-0.4, -0.2) is 41.3 Å². The van der Waals surface area contributed by atoms with Gasteiger partial charge in [0.15, 0.2) is 10.4 Å². The van der Waals surface area contributed by atoms with Crippen molar-refractivity contribution in [1.82, 2.24) is 20.4 Å². The Morgan fingerprint density at radius 1 is 1.40 bits per heavy atom. The molecule has 3 rings (SSSR count). The van der Waals surface area contributed by atoms with Gasteiger partial charge < -0.3 is 14.2 Å². The summed E-state index contributed by atoms with van der Waals surface area (Å²) in [5.41, 5.74) is 0. The molecule has 1 fully saturated rings. The van der Waals surface area contributed by atoms with E-state index >= 15 is 0 Å². The van der Waals surface area contributed by atoms with Gasteiger partial charge in [-0.1, -0.05) is 0 Å². The van der Waals surface area contributed by atoms with Crippen LogP contribution in [-0.2, 0) is 6.54 Å². The smallest absolute Gasteiger partial charge is 0.283 e. The second kappa shape index (κ2) is 6.07. The van der Waals surface area contributed by atoms with Crippen LogP contribution in [0.2, 0.25) is 0 Å². The van der Waals surface area contributed by atoms with Crippen molar-refractivity contribution in [1.29, 1.82) is 0 Å². The van der Waals surface area contributed by atoms with Crippen LogP contribution in [0.4, 0.5) is 0 Å². The lowest BCUT2D eigenvalue weighted by Gasteiger charge is -2.22. The third kappa shape index (κ3) is 2.94. The second-order valence-electron chi connectivity index (χ2n) is 4.93. The van der Waals surface area contributed by atoms with Crippen molar-refractivity contribution in [3.63, 3.8) is 0 Å². The van der Waals surface area contributed by atoms with Crippen molar-refractivity contribution in [2.24, 2.45) is 0 Å². The maximum atomic E-state index is 5.67. The van der Waals surface area contributed by atoms with Gasteiger partial charge in [0.25, 0.3) is 5.89 Å². The van der Waals surface area contributed by atoms with E-state index in [1.807, 2.05) is 13.1 Å². The number of hydrogen-bond acceptors (Lipinski definition) is 6. The molecule has 2 aromatic heterocycles. The van der Waals surface area contributed by atoms with Gasteiger partial charge in [0, 0.05) is 12.6 Å². The zero-order valence-corrected chi connectivity index (χ0v) is 12.9. The molecular weight excluding hydrogens is 324 g/mol. The zero-order chi connectivity index (χ0) is 13.9. The van der Waals surface area contributed by atoms with Gasteiger partial charge in [-0.15, -0.1) is 10.2 Å². The van der Waals surface area contributed by atoms with E-state index in [-0.39, 0.29) is 0 Å². The highest BCUT2D eigenvalue weighted by Crippen LogP contribution is 2.25. The average molecular weight is 341 g/mol. The molecule has 1 aliphatic rings. The molecule has 0 saturated carbocycles. The molecule has 6 nitrogen and oxygen atoms in total. The Morgan fingerprint density at radius 2 is 2.30 bits per heavy atom. The van der Waals surface area contributed by atoms with E-state index in [4.69, 9.17) is 8.83 Å². The normalized spacial score (nSPS) is 19.8. The number of furan rings is 1. The molecule has 0 radical (unpaired) electrons. The van der Waals surface area contributed by atoms with E-state index in [9.17, 15) is 0 Å². The highest BCUT2D eigenvalue weighted by molar-refractivity contribution is 9.10. The quantitative estimate of drug-likeness (QED) is 0.900. The molecule has 1 N–H and O–H groups in total. The number of likely N-dealkylation sites (N-methyl/N-ethyl adjacent to an activating group) is 1. The molecule has 0 bridgehead atoms. The Balaban J connectivity index is 1.68. The first-order chi connectivity index (χ1) is 9.76. The fourth-order valence-corrected chi connectivity index (χ4v) is 2.90. The third-order valence-corrected chi connectivity index (χ3v) is 3.95. The van der Waals surface area contributed by atoms with Crippen molar-refractivity contribution in [3.05, 3.63) is 22.7 Å². The Labute approximate surface area is 125 Å². The Hall–Kier alpha value is -1.18. The summed E-state index contributed by atoms with van der Waals surface area (Å²) in [6.45, 7) is 2.77. The maximum absolute atomic E-state index is 5.67. The van der Waals surface area contributed by atoms with E-state index in [1.165, 1.54) is 12.8 Å². The summed E-state index contributed by atoms with van der Waals surface area (Å²) in [5.74, 6) is 1.65. The fraction of sp³-hybridized carbons (Fsp3) is 0.538. The minimum absolute atomic E-state index is 0.426. The fourth-order valence-electron chi connectivity index (χ4n) is 2.59. The van der Waals surface area contributed by atoms with Crippen LogP contribution in [0.1, 0.15) is 18.7 Å². The molecule has 1 saturated heterocycles. The van der Waals surface area contributed by atoms with Crippen LogP contribution in [0.3, 0.4) is 0 Å². The molecule has 2 aromatic rings. The summed E-state index contributed by atoms with van der Waals surface area (Å²) in [6, 6.07) is 4.16. The highest BCUT2D eigenvalue weighted by Gasteiger charge is 2.25. The van der Waals surface area contributed by atoms with Gasteiger partial charge in [-0.2, -0.15) is 0 Å². The molecule has 108 valence electrons. The summed E-state index contributed by atoms with van der Waals surface area (Å²) >= 11 is 3.26. The monoisotopic (exact) mass is 340 g/mol. The van der Waals surface area contributed by atoms with E-state index in [1.54, 1.807) is 6.07 Å². The molecule has 0 spiro atoms. The van der Waals surface area contributed by atoms with Gasteiger partial charge in [0.1, 0.15) is 0 Å². The number of halogens is 1. The van der Waals surface area contributed by atoms with Gasteiger partial charge in [-0.05, 0) is 54.5 Å². The van der Waals surface area contributed by atoms with Crippen LogP contribution < -0.4 is 5.32 Å².